The van der Waals surface area contributed by atoms with Gasteiger partial charge in [0.2, 0.25) is 10.0 Å². The Balaban J connectivity index is 1.60. The Hall–Kier alpha value is -2.55. The maximum absolute atomic E-state index is 13.3. The Morgan fingerprint density at radius 2 is 1.96 bits per heavy atom. The lowest BCUT2D eigenvalue weighted by atomic mass is 10.1. The summed E-state index contributed by atoms with van der Waals surface area (Å²) < 4.78 is 29.7. The van der Waals surface area contributed by atoms with Crippen LogP contribution >= 0.6 is 0 Å². The quantitative estimate of drug-likeness (QED) is 0.725. The number of nitrogens with one attached hydrogen (secondary N) is 1. The molecule has 1 saturated heterocycles. The van der Waals surface area contributed by atoms with Crippen LogP contribution in [0.2, 0.25) is 0 Å². The number of rotatable bonds is 5. The van der Waals surface area contributed by atoms with E-state index in [4.69, 9.17) is 0 Å². The average molecular weight is 383 g/mol. The van der Waals surface area contributed by atoms with Gasteiger partial charge in [-0.25, -0.2) is 8.42 Å². The SMILES string of the molecule is O=S(=O)(c1cnn(Cc2ccccc2)c1)N1CCNCC1c1cccnc1. The monoisotopic (exact) mass is 383 g/mol. The summed E-state index contributed by atoms with van der Waals surface area (Å²) in [5, 5.41) is 7.52. The van der Waals surface area contributed by atoms with Crippen molar-refractivity contribution in [3.63, 3.8) is 0 Å². The molecule has 0 bridgehead atoms. The van der Waals surface area contributed by atoms with Crippen molar-refractivity contribution in [2.75, 3.05) is 19.6 Å². The van der Waals surface area contributed by atoms with Crippen LogP contribution in [-0.2, 0) is 16.6 Å². The Morgan fingerprint density at radius 3 is 2.74 bits per heavy atom. The Morgan fingerprint density at radius 1 is 1.11 bits per heavy atom. The Kier molecular flexibility index (Phi) is 5.02. The topological polar surface area (TPSA) is 80.1 Å². The summed E-state index contributed by atoms with van der Waals surface area (Å²) in [4.78, 5) is 4.35. The fourth-order valence-electron chi connectivity index (χ4n) is 3.30. The Labute approximate surface area is 158 Å². The molecule has 27 heavy (non-hydrogen) atoms. The van der Waals surface area contributed by atoms with Crippen LogP contribution < -0.4 is 5.32 Å². The highest BCUT2D eigenvalue weighted by atomic mass is 32.2. The molecule has 140 valence electrons. The van der Waals surface area contributed by atoms with Crippen molar-refractivity contribution in [2.45, 2.75) is 17.5 Å². The van der Waals surface area contributed by atoms with E-state index in [0.717, 1.165) is 11.1 Å². The minimum absolute atomic E-state index is 0.217. The molecular weight excluding hydrogens is 362 g/mol. The van der Waals surface area contributed by atoms with Crippen molar-refractivity contribution in [2.24, 2.45) is 0 Å². The summed E-state index contributed by atoms with van der Waals surface area (Å²) >= 11 is 0. The highest BCUT2D eigenvalue weighted by Gasteiger charge is 2.35. The molecule has 0 aliphatic carbocycles. The maximum Gasteiger partial charge on any atom is 0.246 e. The molecule has 1 fully saturated rings. The molecule has 1 N–H and O–H groups in total. The van der Waals surface area contributed by atoms with Gasteiger partial charge in [0.05, 0.1) is 18.8 Å². The molecule has 3 heterocycles. The van der Waals surface area contributed by atoms with Gasteiger partial charge in [-0.1, -0.05) is 36.4 Å². The smallest absolute Gasteiger partial charge is 0.246 e. The largest absolute Gasteiger partial charge is 0.313 e. The standard InChI is InChI=1S/C19H21N5O2S/c25-27(26,18-12-22-23(15-18)14-16-5-2-1-3-6-16)24-10-9-21-13-19(24)17-7-4-8-20-11-17/h1-8,11-12,15,19,21H,9-10,13-14H2. The van der Waals surface area contributed by atoms with E-state index in [0.29, 0.717) is 26.2 Å². The van der Waals surface area contributed by atoms with E-state index in [1.165, 1.54) is 6.20 Å². The van der Waals surface area contributed by atoms with Crippen LogP contribution in [0.4, 0.5) is 0 Å². The van der Waals surface area contributed by atoms with Gasteiger partial charge in [0, 0.05) is 38.2 Å². The van der Waals surface area contributed by atoms with Gasteiger partial charge in [0.1, 0.15) is 4.90 Å². The van der Waals surface area contributed by atoms with Crippen molar-refractivity contribution in [1.82, 2.24) is 24.4 Å². The van der Waals surface area contributed by atoms with Crippen molar-refractivity contribution in [1.29, 1.82) is 0 Å². The molecule has 3 aromatic rings. The van der Waals surface area contributed by atoms with Gasteiger partial charge < -0.3 is 5.32 Å². The molecule has 7 nitrogen and oxygen atoms in total. The van der Waals surface area contributed by atoms with Gasteiger partial charge in [-0.3, -0.25) is 9.67 Å². The summed E-state index contributed by atoms with van der Waals surface area (Å²) in [5.74, 6) is 0. The number of aromatic nitrogens is 3. The lowest BCUT2D eigenvalue weighted by molar-refractivity contribution is 0.271. The first kappa shape index (κ1) is 17.8. The summed E-state index contributed by atoms with van der Waals surface area (Å²) in [5.41, 5.74) is 1.95. The number of pyridine rings is 1. The third kappa shape index (κ3) is 3.78. The van der Waals surface area contributed by atoms with E-state index < -0.39 is 10.0 Å². The van der Waals surface area contributed by atoms with Crippen molar-refractivity contribution >= 4 is 10.0 Å². The second kappa shape index (κ2) is 7.59. The minimum Gasteiger partial charge on any atom is -0.313 e. The fourth-order valence-corrected chi connectivity index (χ4v) is 4.87. The van der Waals surface area contributed by atoms with E-state index in [2.05, 4.69) is 15.4 Å². The van der Waals surface area contributed by atoms with Gasteiger partial charge >= 0.3 is 0 Å². The fraction of sp³-hybridized carbons (Fsp3) is 0.263. The molecule has 0 amide bonds. The van der Waals surface area contributed by atoms with Gasteiger partial charge in [-0.05, 0) is 17.2 Å². The lowest BCUT2D eigenvalue weighted by Crippen LogP contribution is -2.48. The predicted molar refractivity (Wildman–Crippen MR) is 102 cm³/mol. The Bertz CT molecular complexity index is 989. The van der Waals surface area contributed by atoms with Crippen molar-refractivity contribution in [3.05, 3.63) is 78.4 Å². The summed E-state index contributed by atoms with van der Waals surface area (Å²) in [6.45, 7) is 2.12. The lowest BCUT2D eigenvalue weighted by Gasteiger charge is -2.34. The molecule has 1 atom stereocenters. The maximum atomic E-state index is 13.3. The van der Waals surface area contributed by atoms with Crippen LogP contribution in [0.3, 0.4) is 0 Å². The van der Waals surface area contributed by atoms with E-state index in [1.54, 1.807) is 27.6 Å². The third-order valence-corrected chi connectivity index (χ3v) is 6.53. The number of benzene rings is 1. The zero-order valence-electron chi connectivity index (χ0n) is 14.8. The van der Waals surface area contributed by atoms with E-state index in [1.807, 2.05) is 42.5 Å². The molecule has 1 unspecified atom stereocenters. The molecule has 8 heteroatoms. The molecule has 4 rings (SSSR count). The number of hydrogen-bond acceptors (Lipinski definition) is 5. The molecule has 1 aromatic carbocycles. The second-order valence-corrected chi connectivity index (χ2v) is 8.37. The average Bonchev–Trinajstić information content (AvgIpc) is 3.19. The van der Waals surface area contributed by atoms with Crippen LogP contribution in [-0.4, -0.2) is 47.1 Å². The number of nitrogens with zero attached hydrogens (tertiary/aromatic N) is 4. The van der Waals surface area contributed by atoms with Crippen LogP contribution in [0, 0.1) is 0 Å². The van der Waals surface area contributed by atoms with E-state index in [-0.39, 0.29) is 10.9 Å². The number of piperazine rings is 1. The van der Waals surface area contributed by atoms with Gasteiger partial charge in [-0.2, -0.15) is 9.40 Å². The van der Waals surface area contributed by atoms with Crippen molar-refractivity contribution < 1.29 is 8.42 Å². The molecule has 1 aliphatic rings. The zero-order valence-corrected chi connectivity index (χ0v) is 15.6. The molecule has 0 radical (unpaired) electrons. The first-order chi connectivity index (χ1) is 13.1. The molecule has 0 saturated carbocycles. The predicted octanol–water partition coefficient (Wildman–Crippen LogP) is 1.66. The first-order valence-corrected chi connectivity index (χ1v) is 10.3. The number of hydrogen-bond donors (Lipinski definition) is 1. The highest BCUT2D eigenvalue weighted by Crippen LogP contribution is 2.28. The first-order valence-electron chi connectivity index (χ1n) is 8.83. The second-order valence-electron chi connectivity index (χ2n) is 6.48. The van der Waals surface area contributed by atoms with Crippen LogP contribution in [0.25, 0.3) is 0 Å². The molecular formula is C19H21N5O2S. The molecule has 2 aromatic heterocycles. The van der Waals surface area contributed by atoms with Crippen LogP contribution in [0.15, 0.2) is 72.1 Å². The summed E-state index contributed by atoms with van der Waals surface area (Å²) in [7, 11) is -3.65. The molecule has 0 spiro atoms. The molecule has 1 aliphatic heterocycles. The third-order valence-electron chi connectivity index (χ3n) is 4.67. The van der Waals surface area contributed by atoms with E-state index in [9.17, 15) is 8.42 Å². The van der Waals surface area contributed by atoms with Crippen molar-refractivity contribution in [3.8, 4) is 0 Å². The zero-order chi connectivity index (χ0) is 18.7. The summed E-state index contributed by atoms with van der Waals surface area (Å²) in [6.07, 6.45) is 6.44. The highest BCUT2D eigenvalue weighted by molar-refractivity contribution is 7.89. The van der Waals surface area contributed by atoms with Crippen LogP contribution in [0.5, 0.6) is 0 Å². The summed E-state index contributed by atoms with van der Waals surface area (Å²) in [6, 6.07) is 13.3. The normalized spacial score (nSPS) is 18.4. The van der Waals surface area contributed by atoms with Crippen LogP contribution in [0.1, 0.15) is 17.2 Å². The van der Waals surface area contributed by atoms with Gasteiger partial charge in [0.15, 0.2) is 0 Å². The van der Waals surface area contributed by atoms with Gasteiger partial charge in [0.25, 0.3) is 0 Å². The van der Waals surface area contributed by atoms with Gasteiger partial charge in [-0.15, -0.1) is 0 Å². The van der Waals surface area contributed by atoms with E-state index >= 15 is 0 Å². The minimum atomic E-state index is -3.65. The number of sulfonamides is 1.